The van der Waals surface area contributed by atoms with Crippen molar-refractivity contribution < 1.29 is 16.0 Å². The molecule has 0 aliphatic carbocycles. The second-order valence-corrected chi connectivity index (χ2v) is 3.97. The van der Waals surface area contributed by atoms with Gasteiger partial charge in [0.25, 0.3) is 0 Å². The summed E-state index contributed by atoms with van der Waals surface area (Å²) in [6.07, 6.45) is 0. The van der Waals surface area contributed by atoms with Gasteiger partial charge in [0, 0.05) is 12.0 Å². The van der Waals surface area contributed by atoms with Crippen LogP contribution in [0.15, 0.2) is 0 Å². The first-order chi connectivity index (χ1) is 5.67. The smallest absolute Gasteiger partial charge is 0.311 e. The molecule has 3 heteroatoms. The zero-order chi connectivity index (χ0) is 10.9. The van der Waals surface area contributed by atoms with Gasteiger partial charge in [0.15, 0.2) is 0 Å². The van der Waals surface area contributed by atoms with Crippen LogP contribution in [-0.2, 0) is 9.53 Å². The van der Waals surface area contributed by atoms with E-state index in [1.54, 1.807) is 27.7 Å². The Labute approximate surface area is 75.1 Å². The van der Waals surface area contributed by atoms with Crippen molar-refractivity contribution in [2.75, 3.05) is 13.7 Å². The molecule has 0 amide bonds. The fraction of sp³-hybridized carbons (Fsp3) is 0.889. The summed E-state index contributed by atoms with van der Waals surface area (Å²) in [6.45, 7) is 5.36. The minimum absolute atomic E-state index is 0.413. The maximum absolute atomic E-state index is 11.4. The summed E-state index contributed by atoms with van der Waals surface area (Å²) in [6, 6.07) is 0. The molecule has 0 spiro atoms. The quantitative estimate of drug-likeness (QED) is 0.656. The number of aliphatic hydroxyl groups excluding tert-OH is 1. The number of hydrogen-bond donors (Lipinski definition) is 1. The summed E-state index contributed by atoms with van der Waals surface area (Å²) in [5.41, 5.74) is -1.71. The molecule has 72 valence electrons. The molecule has 0 bridgehead atoms. The largest absolute Gasteiger partial charge is 0.469 e. The summed E-state index contributed by atoms with van der Waals surface area (Å²) in [5.74, 6) is -0.413. The Morgan fingerprint density at radius 3 is 2.17 bits per heavy atom. The Kier molecular flexibility index (Phi) is 2.73. The van der Waals surface area contributed by atoms with E-state index < -0.39 is 23.4 Å². The zero-order valence-corrected chi connectivity index (χ0v) is 8.34. The number of ether oxygens (including phenoxy) is 1. The van der Waals surface area contributed by atoms with Crippen LogP contribution in [0.3, 0.4) is 0 Å². The van der Waals surface area contributed by atoms with Gasteiger partial charge in [0.05, 0.1) is 13.9 Å². The third kappa shape index (κ3) is 1.78. The van der Waals surface area contributed by atoms with Crippen LogP contribution in [0.2, 0.25) is 0 Å². The average molecular weight is 175 g/mol. The van der Waals surface area contributed by atoms with Gasteiger partial charge in [-0.3, -0.25) is 4.79 Å². The van der Waals surface area contributed by atoms with E-state index in [1.165, 1.54) is 7.11 Å². The predicted molar refractivity (Wildman–Crippen MR) is 46.7 cm³/mol. The van der Waals surface area contributed by atoms with Crippen molar-refractivity contribution in [2.24, 2.45) is 10.8 Å². The molecule has 0 rings (SSSR count). The molecule has 0 aliphatic rings. The van der Waals surface area contributed by atoms with Crippen LogP contribution in [-0.4, -0.2) is 24.8 Å². The van der Waals surface area contributed by atoms with Gasteiger partial charge in [0.2, 0.25) is 0 Å². The highest BCUT2D eigenvalue weighted by molar-refractivity contribution is 5.76. The van der Waals surface area contributed by atoms with Crippen LogP contribution in [0.5, 0.6) is 0 Å². The third-order valence-electron chi connectivity index (χ3n) is 2.63. The lowest BCUT2D eigenvalue weighted by molar-refractivity contribution is -0.159. The van der Waals surface area contributed by atoms with Crippen molar-refractivity contribution in [2.45, 2.75) is 27.7 Å². The van der Waals surface area contributed by atoms with Gasteiger partial charge in [-0.25, -0.2) is 0 Å². The van der Waals surface area contributed by atoms with Crippen LogP contribution >= 0.6 is 0 Å². The molecule has 12 heavy (non-hydrogen) atoms. The molecule has 0 aromatic carbocycles. The molecule has 1 N–H and O–H groups in total. The summed E-state index contributed by atoms with van der Waals surface area (Å²) >= 11 is 0. The van der Waals surface area contributed by atoms with E-state index >= 15 is 0 Å². The van der Waals surface area contributed by atoms with E-state index in [1.807, 2.05) is 0 Å². The van der Waals surface area contributed by atoms with Crippen LogP contribution < -0.4 is 0 Å². The van der Waals surface area contributed by atoms with Gasteiger partial charge in [0.1, 0.15) is 0 Å². The molecule has 0 heterocycles. The first-order valence-corrected chi connectivity index (χ1v) is 3.86. The van der Waals surface area contributed by atoms with Gasteiger partial charge in [-0.1, -0.05) is 13.8 Å². The Balaban J connectivity index is 4.91. The standard InChI is InChI=1S/C9H18O3/c1-8(2,6-10)9(3,4)7(11)12-5/h10H,6H2,1-5H3/i6D/t6-/m1/s1. The molecule has 3 nitrogen and oxygen atoms in total. The maximum Gasteiger partial charge on any atom is 0.311 e. The van der Waals surface area contributed by atoms with Gasteiger partial charge in [-0.2, -0.15) is 0 Å². The second kappa shape index (κ2) is 3.44. The molecule has 0 aliphatic heterocycles. The first-order valence-electron chi connectivity index (χ1n) is 4.44. The molecule has 0 aromatic heterocycles. The normalized spacial score (nSPS) is 16.7. The molecule has 1 atom stereocenters. The highest BCUT2D eigenvalue weighted by atomic mass is 16.5. The number of rotatable bonds is 3. The monoisotopic (exact) mass is 175 g/mol. The van der Waals surface area contributed by atoms with Crippen molar-refractivity contribution >= 4 is 5.97 Å². The van der Waals surface area contributed by atoms with Gasteiger partial charge < -0.3 is 9.84 Å². The van der Waals surface area contributed by atoms with Crippen molar-refractivity contribution in [1.82, 2.24) is 0 Å². The summed E-state index contributed by atoms with van der Waals surface area (Å²) in [4.78, 5) is 11.4. The summed E-state index contributed by atoms with van der Waals surface area (Å²) in [7, 11) is 1.30. The number of aliphatic hydroxyl groups is 1. The fourth-order valence-electron chi connectivity index (χ4n) is 0.680. The molecular formula is C9H18O3. The Morgan fingerprint density at radius 2 is 1.92 bits per heavy atom. The van der Waals surface area contributed by atoms with E-state index in [9.17, 15) is 9.90 Å². The Hall–Kier alpha value is -0.570. The third-order valence-corrected chi connectivity index (χ3v) is 2.63. The number of methoxy groups -OCH3 is 1. The molecule has 0 unspecified atom stereocenters. The minimum Gasteiger partial charge on any atom is -0.469 e. The van der Waals surface area contributed by atoms with Gasteiger partial charge in [-0.05, 0) is 13.8 Å². The van der Waals surface area contributed by atoms with E-state index in [0.29, 0.717) is 0 Å². The second-order valence-electron chi connectivity index (χ2n) is 3.97. The molecule has 0 fully saturated rings. The number of carbonyl (C=O) groups is 1. The molecule has 0 saturated heterocycles. The average Bonchev–Trinajstić information content (AvgIpc) is 2.02. The predicted octanol–water partition coefficient (Wildman–Crippen LogP) is 1.20. The lowest BCUT2D eigenvalue weighted by atomic mass is 9.68. The van der Waals surface area contributed by atoms with E-state index in [0.717, 1.165) is 0 Å². The number of esters is 1. The minimum atomic E-state index is -1.30. The van der Waals surface area contributed by atoms with Crippen molar-refractivity contribution in [3.05, 3.63) is 0 Å². The highest BCUT2D eigenvalue weighted by Gasteiger charge is 2.43. The lowest BCUT2D eigenvalue weighted by Crippen LogP contribution is -2.42. The molecule has 0 aromatic rings. The zero-order valence-electron chi connectivity index (χ0n) is 9.34. The van der Waals surface area contributed by atoms with Gasteiger partial charge >= 0.3 is 5.97 Å². The van der Waals surface area contributed by atoms with E-state index in [-0.39, 0.29) is 0 Å². The van der Waals surface area contributed by atoms with E-state index in [4.69, 9.17) is 1.37 Å². The van der Waals surface area contributed by atoms with Crippen LogP contribution in [0, 0.1) is 10.8 Å². The van der Waals surface area contributed by atoms with Crippen LogP contribution in [0.25, 0.3) is 0 Å². The van der Waals surface area contributed by atoms with Crippen LogP contribution in [0.4, 0.5) is 0 Å². The summed E-state index contributed by atoms with van der Waals surface area (Å²) in [5, 5.41) is 9.22. The lowest BCUT2D eigenvalue weighted by Gasteiger charge is -2.37. The summed E-state index contributed by atoms with van der Waals surface area (Å²) < 4.78 is 11.9. The topological polar surface area (TPSA) is 46.5 Å². The van der Waals surface area contributed by atoms with E-state index in [2.05, 4.69) is 4.74 Å². The maximum atomic E-state index is 11.4. The van der Waals surface area contributed by atoms with Crippen molar-refractivity contribution in [3.63, 3.8) is 0 Å². The first kappa shape index (κ1) is 9.52. The molecular weight excluding hydrogens is 156 g/mol. The Bertz CT molecular complexity index is 197. The van der Waals surface area contributed by atoms with Crippen molar-refractivity contribution in [3.8, 4) is 0 Å². The number of carbonyl (C=O) groups excluding carboxylic acids is 1. The van der Waals surface area contributed by atoms with Gasteiger partial charge in [-0.15, -0.1) is 0 Å². The van der Waals surface area contributed by atoms with Crippen LogP contribution in [0.1, 0.15) is 29.1 Å². The molecule has 0 saturated carbocycles. The number of hydrogen-bond acceptors (Lipinski definition) is 3. The fourth-order valence-corrected chi connectivity index (χ4v) is 0.680. The SMILES string of the molecule is [2H][C@@H](O)C(C)(C)C(C)(C)C(=O)OC. The highest BCUT2D eigenvalue weighted by Crippen LogP contribution is 2.38. The Morgan fingerprint density at radius 1 is 1.50 bits per heavy atom. The van der Waals surface area contributed by atoms with Crippen molar-refractivity contribution in [1.29, 1.82) is 0 Å². The molecule has 0 radical (unpaired) electrons.